The van der Waals surface area contributed by atoms with Crippen LogP contribution in [0.3, 0.4) is 0 Å². The van der Waals surface area contributed by atoms with Crippen molar-refractivity contribution in [2.24, 2.45) is 11.8 Å². The molecule has 0 heterocycles. The Morgan fingerprint density at radius 1 is 1.19 bits per heavy atom. The molecule has 0 aliphatic carbocycles. The van der Waals surface area contributed by atoms with Gasteiger partial charge in [-0.1, -0.05) is 13.8 Å². The number of hydrogen-bond acceptors (Lipinski definition) is 5. The SMILES string of the molecule is COC(=O)[C@H](C[C@@H](C)C#N)NC(=O)[C@H](NC(C)=O)C(C)C. The Bertz CT molecular complexity index is 428. The second-order valence-electron chi connectivity index (χ2n) is 5.27. The van der Waals surface area contributed by atoms with Crippen LogP contribution in [0.5, 0.6) is 0 Å². The Labute approximate surface area is 125 Å². The van der Waals surface area contributed by atoms with E-state index in [4.69, 9.17) is 5.26 Å². The van der Waals surface area contributed by atoms with Crippen molar-refractivity contribution < 1.29 is 19.1 Å². The fourth-order valence-electron chi connectivity index (χ4n) is 1.78. The highest BCUT2D eigenvalue weighted by Gasteiger charge is 2.29. The number of hydrogen-bond donors (Lipinski definition) is 2. The molecule has 0 aromatic rings. The zero-order chi connectivity index (χ0) is 16.6. The first-order chi connectivity index (χ1) is 9.72. The van der Waals surface area contributed by atoms with Crippen molar-refractivity contribution in [3.05, 3.63) is 0 Å². The molecular formula is C14H23N3O4. The van der Waals surface area contributed by atoms with Gasteiger partial charge in [0, 0.05) is 12.8 Å². The van der Waals surface area contributed by atoms with E-state index in [0.29, 0.717) is 0 Å². The summed E-state index contributed by atoms with van der Waals surface area (Å²) in [6.07, 6.45) is 0.153. The maximum absolute atomic E-state index is 12.2. The van der Waals surface area contributed by atoms with Gasteiger partial charge in [-0.05, 0) is 19.3 Å². The van der Waals surface area contributed by atoms with E-state index < -0.39 is 29.9 Å². The number of amides is 2. The summed E-state index contributed by atoms with van der Waals surface area (Å²) >= 11 is 0. The highest BCUT2D eigenvalue weighted by molar-refractivity contribution is 5.90. The number of methoxy groups -OCH3 is 1. The van der Waals surface area contributed by atoms with Gasteiger partial charge in [-0.3, -0.25) is 9.59 Å². The van der Waals surface area contributed by atoms with Gasteiger partial charge in [0.2, 0.25) is 11.8 Å². The first-order valence-corrected chi connectivity index (χ1v) is 6.77. The zero-order valence-corrected chi connectivity index (χ0v) is 13.1. The van der Waals surface area contributed by atoms with Gasteiger partial charge in [0.15, 0.2) is 0 Å². The molecule has 0 unspecified atom stereocenters. The van der Waals surface area contributed by atoms with Crippen LogP contribution in [-0.2, 0) is 19.1 Å². The minimum absolute atomic E-state index is 0.138. The molecule has 0 spiro atoms. The quantitative estimate of drug-likeness (QED) is 0.659. The molecule has 0 aliphatic heterocycles. The van der Waals surface area contributed by atoms with E-state index in [9.17, 15) is 14.4 Å². The Kier molecular flexibility index (Phi) is 8.06. The molecule has 3 atom stereocenters. The predicted molar refractivity (Wildman–Crippen MR) is 75.8 cm³/mol. The largest absolute Gasteiger partial charge is 0.467 e. The van der Waals surface area contributed by atoms with Crippen molar-refractivity contribution in [2.45, 2.75) is 46.2 Å². The fraction of sp³-hybridized carbons (Fsp3) is 0.714. The van der Waals surface area contributed by atoms with Crippen molar-refractivity contribution in [3.8, 4) is 6.07 Å². The van der Waals surface area contributed by atoms with Crippen LogP contribution in [0, 0.1) is 23.2 Å². The van der Waals surface area contributed by atoms with Crippen molar-refractivity contribution in [2.75, 3.05) is 7.11 Å². The Hall–Kier alpha value is -2.10. The molecule has 21 heavy (non-hydrogen) atoms. The summed E-state index contributed by atoms with van der Waals surface area (Å²) in [5, 5.41) is 13.9. The lowest BCUT2D eigenvalue weighted by atomic mass is 10.00. The molecule has 0 aromatic heterocycles. The number of esters is 1. The highest BCUT2D eigenvalue weighted by Crippen LogP contribution is 2.08. The molecule has 0 aromatic carbocycles. The average Bonchev–Trinajstić information content (AvgIpc) is 2.42. The van der Waals surface area contributed by atoms with Gasteiger partial charge in [-0.25, -0.2) is 4.79 Å². The number of nitrogens with zero attached hydrogens (tertiary/aromatic N) is 1. The number of nitriles is 1. The van der Waals surface area contributed by atoms with Crippen LogP contribution in [0.15, 0.2) is 0 Å². The van der Waals surface area contributed by atoms with E-state index in [-0.39, 0.29) is 18.2 Å². The molecule has 0 saturated heterocycles. The van der Waals surface area contributed by atoms with E-state index in [2.05, 4.69) is 15.4 Å². The maximum Gasteiger partial charge on any atom is 0.328 e. The lowest BCUT2D eigenvalue weighted by molar-refractivity contribution is -0.146. The molecule has 118 valence electrons. The molecule has 0 bridgehead atoms. The van der Waals surface area contributed by atoms with Crippen LogP contribution in [0.1, 0.15) is 34.1 Å². The maximum atomic E-state index is 12.2. The first-order valence-electron chi connectivity index (χ1n) is 6.77. The number of ether oxygens (including phenoxy) is 1. The first kappa shape index (κ1) is 18.9. The smallest absolute Gasteiger partial charge is 0.328 e. The molecule has 0 aliphatic rings. The van der Waals surface area contributed by atoms with E-state index in [1.807, 2.05) is 6.07 Å². The van der Waals surface area contributed by atoms with Crippen LogP contribution >= 0.6 is 0 Å². The second kappa shape index (κ2) is 8.95. The summed E-state index contributed by atoms with van der Waals surface area (Å²) in [7, 11) is 1.21. The Morgan fingerprint density at radius 3 is 2.14 bits per heavy atom. The van der Waals surface area contributed by atoms with Gasteiger partial charge in [0.25, 0.3) is 0 Å². The predicted octanol–water partition coefficient (Wildman–Crippen LogP) is 0.355. The number of nitrogens with one attached hydrogen (secondary N) is 2. The Balaban J connectivity index is 4.96. The Morgan fingerprint density at radius 2 is 1.76 bits per heavy atom. The second-order valence-corrected chi connectivity index (χ2v) is 5.27. The summed E-state index contributed by atoms with van der Waals surface area (Å²) in [5.74, 6) is -1.96. The minimum Gasteiger partial charge on any atom is -0.467 e. The normalized spacial score (nSPS) is 14.5. The summed E-state index contributed by atoms with van der Waals surface area (Å²) < 4.78 is 4.63. The molecule has 2 amide bonds. The van der Waals surface area contributed by atoms with E-state index >= 15 is 0 Å². The topological polar surface area (TPSA) is 108 Å². The number of rotatable bonds is 7. The standard InChI is InChI=1S/C14H23N3O4/c1-8(2)12(16-10(4)18)13(19)17-11(14(20)21-5)6-9(3)7-15/h8-9,11-12H,6H2,1-5H3,(H,16,18)(H,17,19)/t9-,11+,12-/m1/s1. The van der Waals surface area contributed by atoms with Crippen LogP contribution in [0.4, 0.5) is 0 Å². The van der Waals surface area contributed by atoms with Crippen molar-refractivity contribution in [1.82, 2.24) is 10.6 Å². The average molecular weight is 297 g/mol. The third-order valence-corrected chi connectivity index (χ3v) is 2.92. The molecule has 7 nitrogen and oxygen atoms in total. The zero-order valence-electron chi connectivity index (χ0n) is 13.1. The van der Waals surface area contributed by atoms with Gasteiger partial charge >= 0.3 is 5.97 Å². The fourth-order valence-corrected chi connectivity index (χ4v) is 1.78. The van der Waals surface area contributed by atoms with Crippen LogP contribution in [-0.4, -0.2) is 37.0 Å². The van der Waals surface area contributed by atoms with Gasteiger partial charge in [0.1, 0.15) is 12.1 Å². The van der Waals surface area contributed by atoms with Crippen molar-refractivity contribution in [3.63, 3.8) is 0 Å². The van der Waals surface area contributed by atoms with Crippen LogP contribution < -0.4 is 10.6 Å². The van der Waals surface area contributed by atoms with E-state index in [1.165, 1.54) is 14.0 Å². The third-order valence-electron chi connectivity index (χ3n) is 2.92. The van der Waals surface area contributed by atoms with Crippen molar-refractivity contribution >= 4 is 17.8 Å². The summed E-state index contributed by atoms with van der Waals surface area (Å²) in [6, 6.07) is 0.349. The van der Waals surface area contributed by atoms with Gasteiger partial charge in [-0.15, -0.1) is 0 Å². The molecule has 0 saturated carbocycles. The number of carbonyl (C=O) groups excluding carboxylic acids is 3. The van der Waals surface area contributed by atoms with Gasteiger partial charge < -0.3 is 15.4 Å². The lowest BCUT2D eigenvalue weighted by Crippen LogP contribution is -2.53. The molecule has 2 N–H and O–H groups in total. The lowest BCUT2D eigenvalue weighted by Gasteiger charge is -2.24. The van der Waals surface area contributed by atoms with Crippen LogP contribution in [0.2, 0.25) is 0 Å². The summed E-state index contributed by atoms with van der Waals surface area (Å²) in [4.78, 5) is 35.0. The van der Waals surface area contributed by atoms with Crippen molar-refractivity contribution in [1.29, 1.82) is 5.26 Å². The molecular weight excluding hydrogens is 274 g/mol. The molecule has 0 rings (SSSR count). The number of carbonyl (C=O) groups is 3. The third kappa shape index (κ3) is 6.75. The minimum atomic E-state index is -0.910. The van der Waals surface area contributed by atoms with E-state index in [0.717, 1.165) is 0 Å². The summed E-state index contributed by atoms with van der Waals surface area (Å²) in [5.41, 5.74) is 0. The molecule has 0 fully saturated rings. The van der Waals surface area contributed by atoms with E-state index in [1.54, 1.807) is 20.8 Å². The molecule has 0 radical (unpaired) electrons. The van der Waals surface area contributed by atoms with Gasteiger partial charge in [0.05, 0.1) is 13.2 Å². The highest BCUT2D eigenvalue weighted by atomic mass is 16.5. The van der Waals surface area contributed by atoms with Gasteiger partial charge in [-0.2, -0.15) is 5.26 Å². The van der Waals surface area contributed by atoms with Crippen LogP contribution in [0.25, 0.3) is 0 Å². The molecule has 7 heteroatoms. The monoisotopic (exact) mass is 297 g/mol. The summed E-state index contributed by atoms with van der Waals surface area (Å²) in [6.45, 7) is 6.53.